The molecule has 0 aromatic carbocycles. The molecule has 2 fully saturated rings. The Morgan fingerprint density at radius 2 is 1.69 bits per heavy atom. The van der Waals surface area contributed by atoms with Gasteiger partial charge in [-0.25, -0.2) is 4.79 Å². The lowest BCUT2D eigenvalue weighted by Gasteiger charge is -2.28. The molecule has 1 saturated heterocycles. The molecule has 1 N–H and O–H groups in total. The molecule has 0 bridgehead atoms. The molecule has 4 heteroatoms. The Balaban J connectivity index is 1.99. The van der Waals surface area contributed by atoms with Crippen LogP contribution >= 0.6 is 0 Å². The van der Waals surface area contributed by atoms with Gasteiger partial charge in [-0.1, -0.05) is 19.3 Å². The van der Waals surface area contributed by atoms with Gasteiger partial charge in [0.05, 0.1) is 0 Å². The minimum atomic E-state index is -0.846. The molecule has 1 unspecified atom stereocenters. The van der Waals surface area contributed by atoms with Crippen LogP contribution in [-0.4, -0.2) is 34.5 Å². The zero-order valence-corrected chi connectivity index (χ0v) is 9.52. The summed E-state index contributed by atoms with van der Waals surface area (Å²) in [6.07, 6.45) is 6.78. The maximum atomic E-state index is 12.2. The number of likely N-dealkylation sites (tertiary alicyclic amines) is 1. The summed E-state index contributed by atoms with van der Waals surface area (Å²) in [6.45, 7) is 0.631. The Kier molecular flexibility index (Phi) is 3.46. The zero-order valence-electron chi connectivity index (χ0n) is 9.52. The second kappa shape index (κ2) is 4.85. The minimum absolute atomic E-state index is 0.0876. The number of amides is 1. The molecule has 16 heavy (non-hydrogen) atoms. The van der Waals surface area contributed by atoms with E-state index in [4.69, 9.17) is 5.11 Å². The summed E-state index contributed by atoms with van der Waals surface area (Å²) in [7, 11) is 0. The van der Waals surface area contributed by atoms with E-state index in [0.29, 0.717) is 13.0 Å². The molecule has 1 atom stereocenters. The largest absolute Gasteiger partial charge is 0.480 e. The van der Waals surface area contributed by atoms with E-state index in [1.165, 1.54) is 6.42 Å². The molecule has 2 rings (SSSR count). The summed E-state index contributed by atoms with van der Waals surface area (Å²) in [6, 6.07) is -0.561. The van der Waals surface area contributed by atoms with Gasteiger partial charge in [0.1, 0.15) is 6.04 Å². The average molecular weight is 225 g/mol. The molecule has 0 aromatic heterocycles. The first kappa shape index (κ1) is 11.4. The Morgan fingerprint density at radius 3 is 2.31 bits per heavy atom. The number of rotatable bonds is 2. The third-order valence-corrected chi connectivity index (χ3v) is 3.78. The lowest BCUT2D eigenvalue weighted by Crippen LogP contribution is -2.43. The average Bonchev–Trinajstić information content (AvgIpc) is 2.78. The van der Waals surface area contributed by atoms with Gasteiger partial charge in [0.2, 0.25) is 5.91 Å². The number of hydrogen-bond acceptors (Lipinski definition) is 2. The molecule has 0 radical (unpaired) electrons. The van der Waals surface area contributed by atoms with Crippen molar-refractivity contribution in [2.75, 3.05) is 6.54 Å². The molecule has 1 heterocycles. The van der Waals surface area contributed by atoms with Crippen LogP contribution < -0.4 is 0 Å². The fourth-order valence-electron chi connectivity index (χ4n) is 2.87. The van der Waals surface area contributed by atoms with Gasteiger partial charge < -0.3 is 10.0 Å². The Morgan fingerprint density at radius 1 is 1.00 bits per heavy atom. The van der Waals surface area contributed by atoms with E-state index in [1.807, 2.05) is 0 Å². The van der Waals surface area contributed by atoms with E-state index in [-0.39, 0.29) is 11.8 Å². The van der Waals surface area contributed by atoms with Crippen LogP contribution in [0.4, 0.5) is 0 Å². The highest BCUT2D eigenvalue weighted by Crippen LogP contribution is 2.28. The van der Waals surface area contributed by atoms with Crippen LogP contribution in [0.2, 0.25) is 0 Å². The molecular weight excluding hydrogens is 206 g/mol. The maximum Gasteiger partial charge on any atom is 0.326 e. The van der Waals surface area contributed by atoms with Gasteiger partial charge in [-0.15, -0.1) is 0 Å². The van der Waals surface area contributed by atoms with Crippen molar-refractivity contribution in [3.8, 4) is 0 Å². The summed E-state index contributed by atoms with van der Waals surface area (Å²) < 4.78 is 0. The first-order chi connectivity index (χ1) is 7.70. The predicted molar refractivity (Wildman–Crippen MR) is 58.9 cm³/mol. The van der Waals surface area contributed by atoms with Gasteiger partial charge in [-0.2, -0.15) is 0 Å². The molecule has 1 aliphatic heterocycles. The van der Waals surface area contributed by atoms with Crippen molar-refractivity contribution in [1.29, 1.82) is 0 Å². The fraction of sp³-hybridized carbons (Fsp3) is 0.833. The topological polar surface area (TPSA) is 57.6 Å². The van der Waals surface area contributed by atoms with E-state index in [2.05, 4.69) is 0 Å². The summed E-state index contributed by atoms with van der Waals surface area (Å²) in [5, 5.41) is 9.04. The third-order valence-electron chi connectivity index (χ3n) is 3.78. The SMILES string of the molecule is O=C(O)C1CCCN1C(=O)C1CCCCC1. The third kappa shape index (κ3) is 2.20. The van der Waals surface area contributed by atoms with Crippen LogP contribution in [0.5, 0.6) is 0 Å². The van der Waals surface area contributed by atoms with Crippen molar-refractivity contribution >= 4 is 11.9 Å². The van der Waals surface area contributed by atoms with E-state index < -0.39 is 12.0 Å². The molecule has 0 aromatic rings. The molecule has 0 spiro atoms. The number of aliphatic carboxylic acids is 1. The number of carbonyl (C=O) groups is 2. The molecule has 1 saturated carbocycles. The highest BCUT2D eigenvalue weighted by molar-refractivity contribution is 5.85. The molecule has 1 aliphatic carbocycles. The van der Waals surface area contributed by atoms with Gasteiger partial charge in [-0.3, -0.25) is 4.79 Å². The smallest absolute Gasteiger partial charge is 0.326 e. The molecule has 2 aliphatic rings. The van der Waals surface area contributed by atoms with Gasteiger partial charge in [-0.05, 0) is 25.7 Å². The highest BCUT2D eigenvalue weighted by Gasteiger charge is 2.37. The number of carboxylic acid groups (broad SMARTS) is 1. The number of nitrogens with zero attached hydrogens (tertiary/aromatic N) is 1. The Labute approximate surface area is 95.6 Å². The van der Waals surface area contributed by atoms with E-state index in [0.717, 1.165) is 32.1 Å². The highest BCUT2D eigenvalue weighted by atomic mass is 16.4. The Bertz CT molecular complexity index is 284. The van der Waals surface area contributed by atoms with Crippen LogP contribution in [0.25, 0.3) is 0 Å². The van der Waals surface area contributed by atoms with Crippen molar-refractivity contribution in [2.24, 2.45) is 5.92 Å². The summed E-state index contributed by atoms with van der Waals surface area (Å²) >= 11 is 0. The minimum Gasteiger partial charge on any atom is -0.480 e. The van der Waals surface area contributed by atoms with Gasteiger partial charge in [0.25, 0.3) is 0 Å². The maximum absolute atomic E-state index is 12.2. The van der Waals surface area contributed by atoms with Crippen molar-refractivity contribution < 1.29 is 14.7 Å². The lowest BCUT2D eigenvalue weighted by molar-refractivity contribution is -0.150. The normalized spacial score (nSPS) is 27.0. The quantitative estimate of drug-likeness (QED) is 0.777. The van der Waals surface area contributed by atoms with E-state index >= 15 is 0 Å². The molecule has 90 valence electrons. The standard InChI is InChI=1S/C12H19NO3/c14-11(9-5-2-1-3-6-9)13-8-4-7-10(13)12(15)16/h9-10H,1-8H2,(H,15,16). The van der Waals surface area contributed by atoms with Crippen LogP contribution in [0.15, 0.2) is 0 Å². The monoisotopic (exact) mass is 225 g/mol. The molecular formula is C12H19NO3. The number of carboxylic acids is 1. The van der Waals surface area contributed by atoms with E-state index in [1.54, 1.807) is 4.90 Å². The predicted octanol–water partition coefficient (Wildman–Crippen LogP) is 1.64. The lowest BCUT2D eigenvalue weighted by atomic mass is 9.88. The molecule has 4 nitrogen and oxygen atoms in total. The first-order valence-corrected chi connectivity index (χ1v) is 6.23. The van der Waals surface area contributed by atoms with Crippen LogP contribution in [0.1, 0.15) is 44.9 Å². The van der Waals surface area contributed by atoms with Crippen molar-refractivity contribution in [1.82, 2.24) is 4.90 Å². The van der Waals surface area contributed by atoms with Gasteiger partial charge >= 0.3 is 5.97 Å². The number of hydrogen-bond donors (Lipinski definition) is 1. The second-order valence-corrected chi connectivity index (χ2v) is 4.86. The van der Waals surface area contributed by atoms with Crippen molar-refractivity contribution in [3.05, 3.63) is 0 Å². The first-order valence-electron chi connectivity index (χ1n) is 6.23. The summed E-state index contributed by atoms with van der Waals surface area (Å²) in [4.78, 5) is 24.8. The fourth-order valence-corrected chi connectivity index (χ4v) is 2.87. The van der Waals surface area contributed by atoms with Crippen LogP contribution in [0.3, 0.4) is 0 Å². The van der Waals surface area contributed by atoms with Gasteiger partial charge in [0.15, 0.2) is 0 Å². The number of carbonyl (C=O) groups excluding carboxylic acids is 1. The van der Waals surface area contributed by atoms with Crippen molar-refractivity contribution in [2.45, 2.75) is 51.0 Å². The zero-order chi connectivity index (χ0) is 11.5. The van der Waals surface area contributed by atoms with Gasteiger partial charge in [0, 0.05) is 12.5 Å². The Hall–Kier alpha value is -1.06. The van der Waals surface area contributed by atoms with Crippen LogP contribution in [-0.2, 0) is 9.59 Å². The summed E-state index contributed by atoms with van der Waals surface area (Å²) in [5.74, 6) is -0.667. The van der Waals surface area contributed by atoms with Crippen molar-refractivity contribution in [3.63, 3.8) is 0 Å². The molecule has 1 amide bonds. The summed E-state index contributed by atoms with van der Waals surface area (Å²) in [5.41, 5.74) is 0. The second-order valence-electron chi connectivity index (χ2n) is 4.86. The van der Waals surface area contributed by atoms with E-state index in [9.17, 15) is 9.59 Å². The van der Waals surface area contributed by atoms with Crippen LogP contribution in [0, 0.1) is 5.92 Å².